The summed E-state index contributed by atoms with van der Waals surface area (Å²) in [5.74, 6) is 0.444. The van der Waals surface area contributed by atoms with Crippen molar-refractivity contribution in [1.82, 2.24) is 4.98 Å². The van der Waals surface area contributed by atoms with Gasteiger partial charge in [0, 0.05) is 12.7 Å². The molecule has 1 rings (SSSR count). The van der Waals surface area contributed by atoms with Crippen molar-refractivity contribution in [3.63, 3.8) is 0 Å². The SMILES string of the molecule is CCCN=C(N)Nc1cncc(C)c1. The van der Waals surface area contributed by atoms with Gasteiger partial charge in [-0.05, 0) is 25.0 Å². The molecular formula is C10H16N4. The van der Waals surface area contributed by atoms with Crippen LogP contribution in [0.5, 0.6) is 0 Å². The smallest absolute Gasteiger partial charge is 0.193 e. The van der Waals surface area contributed by atoms with Crippen molar-refractivity contribution in [2.75, 3.05) is 11.9 Å². The van der Waals surface area contributed by atoms with Gasteiger partial charge >= 0.3 is 0 Å². The summed E-state index contributed by atoms with van der Waals surface area (Å²) in [4.78, 5) is 8.17. The first-order chi connectivity index (χ1) is 6.72. The molecule has 0 fully saturated rings. The van der Waals surface area contributed by atoms with E-state index in [2.05, 4.69) is 22.2 Å². The maximum atomic E-state index is 5.65. The van der Waals surface area contributed by atoms with E-state index in [0.29, 0.717) is 5.96 Å². The van der Waals surface area contributed by atoms with Gasteiger partial charge in [0.1, 0.15) is 0 Å². The van der Waals surface area contributed by atoms with Crippen molar-refractivity contribution in [3.05, 3.63) is 24.0 Å². The average molecular weight is 192 g/mol. The number of aromatic nitrogens is 1. The van der Waals surface area contributed by atoms with Crippen molar-refractivity contribution in [3.8, 4) is 0 Å². The summed E-state index contributed by atoms with van der Waals surface area (Å²) < 4.78 is 0. The predicted molar refractivity (Wildman–Crippen MR) is 59.4 cm³/mol. The van der Waals surface area contributed by atoms with Gasteiger partial charge in [0.25, 0.3) is 0 Å². The van der Waals surface area contributed by atoms with E-state index in [1.54, 1.807) is 12.4 Å². The molecule has 76 valence electrons. The minimum atomic E-state index is 0.444. The molecule has 0 aliphatic carbocycles. The predicted octanol–water partition coefficient (Wildman–Crippen LogP) is 1.53. The molecule has 0 saturated heterocycles. The second-order valence-corrected chi connectivity index (χ2v) is 3.14. The highest BCUT2D eigenvalue weighted by Crippen LogP contribution is 2.06. The normalized spacial score (nSPS) is 11.4. The molecule has 0 radical (unpaired) electrons. The lowest BCUT2D eigenvalue weighted by atomic mass is 10.3. The van der Waals surface area contributed by atoms with Crippen LogP contribution in [-0.2, 0) is 0 Å². The largest absolute Gasteiger partial charge is 0.370 e. The van der Waals surface area contributed by atoms with E-state index < -0.39 is 0 Å². The van der Waals surface area contributed by atoms with Gasteiger partial charge in [-0.1, -0.05) is 6.92 Å². The molecule has 4 nitrogen and oxygen atoms in total. The highest BCUT2D eigenvalue weighted by atomic mass is 15.1. The maximum Gasteiger partial charge on any atom is 0.193 e. The van der Waals surface area contributed by atoms with Crippen LogP contribution in [0, 0.1) is 6.92 Å². The highest BCUT2D eigenvalue weighted by molar-refractivity contribution is 5.92. The number of nitrogens with zero attached hydrogens (tertiary/aromatic N) is 2. The lowest BCUT2D eigenvalue weighted by molar-refractivity contribution is 0.929. The Hall–Kier alpha value is -1.58. The molecule has 4 heteroatoms. The molecule has 0 bridgehead atoms. The second kappa shape index (κ2) is 5.21. The monoisotopic (exact) mass is 192 g/mol. The molecule has 0 amide bonds. The fourth-order valence-electron chi connectivity index (χ4n) is 1.04. The topological polar surface area (TPSA) is 63.3 Å². The Kier molecular flexibility index (Phi) is 3.91. The third-order valence-electron chi connectivity index (χ3n) is 1.65. The summed E-state index contributed by atoms with van der Waals surface area (Å²) in [6.45, 7) is 4.79. The number of hydrogen-bond acceptors (Lipinski definition) is 2. The zero-order valence-electron chi connectivity index (χ0n) is 8.62. The van der Waals surface area contributed by atoms with E-state index in [9.17, 15) is 0 Å². The molecule has 0 aromatic carbocycles. The summed E-state index contributed by atoms with van der Waals surface area (Å²) in [5, 5.41) is 2.98. The van der Waals surface area contributed by atoms with Crippen LogP contribution in [0.2, 0.25) is 0 Å². The van der Waals surface area contributed by atoms with Gasteiger partial charge in [-0.2, -0.15) is 0 Å². The van der Waals surface area contributed by atoms with Gasteiger partial charge < -0.3 is 11.1 Å². The number of aliphatic imine (C=N–C) groups is 1. The van der Waals surface area contributed by atoms with Crippen LogP contribution in [0.25, 0.3) is 0 Å². The van der Waals surface area contributed by atoms with Crippen LogP contribution in [0.3, 0.4) is 0 Å². The van der Waals surface area contributed by atoms with Crippen molar-refractivity contribution < 1.29 is 0 Å². The number of nitrogens with one attached hydrogen (secondary N) is 1. The number of nitrogens with two attached hydrogens (primary N) is 1. The van der Waals surface area contributed by atoms with E-state index in [4.69, 9.17) is 5.73 Å². The van der Waals surface area contributed by atoms with Gasteiger partial charge in [0.15, 0.2) is 5.96 Å². The molecule has 0 spiro atoms. The number of pyridine rings is 1. The molecule has 0 saturated carbocycles. The van der Waals surface area contributed by atoms with E-state index in [-0.39, 0.29) is 0 Å². The maximum absolute atomic E-state index is 5.65. The van der Waals surface area contributed by atoms with Crippen molar-refractivity contribution >= 4 is 11.6 Å². The van der Waals surface area contributed by atoms with Gasteiger partial charge in [-0.15, -0.1) is 0 Å². The molecule has 0 aliphatic heterocycles. The molecule has 1 aromatic rings. The number of aryl methyl sites for hydroxylation is 1. The van der Waals surface area contributed by atoms with Crippen LogP contribution in [0.15, 0.2) is 23.5 Å². The summed E-state index contributed by atoms with van der Waals surface area (Å²) in [7, 11) is 0. The molecule has 3 N–H and O–H groups in total. The lowest BCUT2D eigenvalue weighted by Gasteiger charge is -2.04. The fraction of sp³-hybridized carbons (Fsp3) is 0.400. The summed E-state index contributed by atoms with van der Waals surface area (Å²) in [5.41, 5.74) is 7.63. The number of rotatable bonds is 3. The quantitative estimate of drug-likeness (QED) is 0.564. The Balaban J connectivity index is 2.60. The molecule has 0 aliphatic rings. The van der Waals surface area contributed by atoms with Gasteiger partial charge in [-0.3, -0.25) is 9.98 Å². The van der Waals surface area contributed by atoms with Crippen LogP contribution >= 0.6 is 0 Å². The van der Waals surface area contributed by atoms with Gasteiger partial charge in [0.05, 0.1) is 11.9 Å². The zero-order valence-corrected chi connectivity index (χ0v) is 8.62. The third-order valence-corrected chi connectivity index (χ3v) is 1.65. The molecule has 0 atom stereocenters. The van der Waals surface area contributed by atoms with Crippen molar-refractivity contribution in [2.45, 2.75) is 20.3 Å². The number of guanidine groups is 1. The molecule has 1 heterocycles. The molecule has 0 unspecified atom stereocenters. The van der Waals surface area contributed by atoms with Gasteiger partial charge in [-0.25, -0.2) is 0 Å². The summed E-state index contributed by atoms with van der Waals surface area (Å²) >= 11 is 0. The first kappa shape index (κ1) is 10.5. The minimum Gasteiger partial charge on any atom is -0.370 e. The first-order valence-corrected chi connectivity index (χ1v) is 4.71. The van der Waals surface area contributed by atoms with E-state index >= 15 is 0 Å². The summed E-state index contributed by atoms with van der Waals surface area (Å²) in [6.07, 6.45) is 4.51. The molecule has 1 aromatic heterocycles. The third kappa shape index (κ3) is 3.43. The Morgan fingerprint density at radius 3 is 3.00 bits per heavy atom. The second-order valence-electron chi connectivity index (χ2n) is 3.14. The Morgan fingerprint density at radius 2 is 2.36 bits per heavy atom. The summed E-state index contributed by atoms with van der Waals surface area (Å²) in [6, 6.07) is 1.97. The van der Waals surface area contributed by atoms with E-state index in [0.717, 1.165) is 24.2 Å². The van der Waals surface area contributed by atoms with Crippen LogP contribution in [0.4, 0.5) is 5.69 Å². The first-order valence-electron chi connectivity index (χ1n) is 4.71. The van der Waals surface area contributed by atoms with Crippen LogP contribution in [0.1, 0.15) is 18.9 Å². The van der Waals surface area contributed by atoms with Crippen LogP contribution in [-0.4, -0.2) is 17.5 Å². The zero-order chi connectivity index (χ0) is 10.4. The highest BCUT2D eigenvalue weighted by Gasteiger charge is 1.94. The van der Waals surface area contributed by atoms with Crippen LogP contribution < -0.4 is 11.1 Å². The van der Waals surface area contributed by atoms with Crippen molar-refractivity contribution in [2.24, 2.45) is 10.7 Å². The molecule has 14 heavy (non-hydrogen) atoms. The Labute approximate surface area is 84.3 Å². The van der Waals surface area contributed by atoms with Crippen molar-refractivity contribution in [1.29, 1.82) is 0 Å². The lowest BCUT2D eigenvalue weighted by Crippen LogP contribution is -2.22. The van der Waals surface area contributed by atoms with E-state index in [1.807, 2.05) is 13.0 Å². The number of anilines is 1. The number of hydrogen-bond donors (Lipinski definition) is 2. The Morgan fingerprint density at radius 1 is 1.57 bits per heavy atom. The average Bonchev–Trinajstić information content (AvgIpc) is 2.15. The standard InChI is InChI=1S/C10H16N4/c1-3-4-13-10(11)14-9-5-8(2)6-12-7-9/h5-7H,3-4H2,1-2H3,(H3,11,13,14). The molecular weight excluding hydrogens is 176 g/mol. The van der Waals surface area contributed by atoms with Gasteiger partial charge in [0.2, 0.25) is 0 Å². The minimum absolute atomic E-state index is 0.444. The fourth-order valence-corrected chi connectivity index (χ4v) is 1.04. The van der Waals surface area contributed by atoms with E-state index in [1.165, 1.54) is 0 Å². The Bertz CT molecular complexity index is 320.